The molecule has 0 fully saturated rings. The molecule has 0 spiro atoms. The van der Waals surface area contributed by atoms with E-state index in [1.54, 1.807) is 6.07 Å². The van der Waals surface area contributed by atoms with Crippen molar-refractivity contribution >= 4 is 21.9 Å². The molecular formula is C12H7BrFNO3. The molecule has 18 heavy (non-hydrogen) atoms. The number of ether oxygens (including phenoxy) is 1. The van der Waals surface area contributed by atoms with Gasteiger partial charge in [0.25, 0.3) is 0 Å². The number of carboxylic acid groups (broad SMARTS) is 1. The van der Waals surface area contributed by atoms with Crippen molar-refractivity contribution in [1.82, 2.24) is 4.98 Å². The maximum atomic E-state index is 13.4. The number of pyridine rings is 1. The maximum Gasteiger partial charge on any atom is 0.354 e. The summed E-state index contributed by atoms with van der Waals surface area (Å²) < 4.78 is 19.3. The van der Waals surface area contributed by atoms with Gasteiger partial charge in [0.15, 0.2) is 11.6 Å². The topological polar surface area (TPSA) is 59.4 Å². The lowest BCUT2D eigenvalue weighted by Crippen LogP contribution is -1.99. The Bertz CT molecular complexity index is 586. The summed E-state index contributed by atoms with van der Waals surface area (Å²) in [5.41, 5.74) is -0.0999. The van der Waals surface area contributed by atoms with Crippen LogP contribution in [0, 0.1) is 5.82 Å². The molecular weight excluding hydrogens is 305 g/mol. The lowest BCUT2D eigenvalue weighted by molar-refractivity contribution is 0.0690. The van der Waals surface area contributed by atoms with Crippen molar-refractivity contribution < 1.29 is 19.0 Å². The van der Waals surface area contributed by atoms with E-state index >= 15 is 0 Å². The number of carbonyl (C=O) groups is 1. The van der Waals surface area contributed by atoms with Crippen molar-refractivity contribution in [1.29, 1.82) is 0 Å². The average molecular weight is 312 g/mol. The van der Waals surface area contributed by atoms with E-state index in [-0.39, 0.29) is 17.2 Å². The van der Waals surface area contributed by atoms with E-state index in [1.165, 1.54) is 30.5 Å². The molecule has 0 amide bonds. The number of nitrogens with zero attached hydrogens (tertiary/aromatic N) is 1. The molecule has 0 radical (unpaired) electrons. The van der Waals surface area contributed by atoms with Gasteiger partial charge in [0.1, 0.15) is 11.4 Å². The van der Waals surface area contributed by atoms with Crippen LogP contribution in [0.1, 0.15) is 10.5 Å². The van der Waals surface area contributed by atoms with Gasteiger partial charge < -0.3 is 9.84 Å². The van der Waals surface area contributed by atoms with Gasteiger partial charge in [-0.2, -0.15) is 0 Å². The first-order valence-electron chi connectivity index (χ1n) is 4.88. The van der Waals surface area contributed by atoms with E-state index in [0.29, 0.717) is 4.47 Å². The number of aromatic nitrogens is 1. The molecule has 4 nitrogen and oxygen atoms in total. The third-order valence-corrected chi connectivity index (χ3v) is 2.57. The molecule has 6 heteroatoms. The lowest BCUT2D eigenvalue weighted by Gasteiger charge is -2.06. The van der Waals surface area contributed by atoms with Gasteiger partial charge in [-0.05, 0) is 30.3 Å². The minimum atomic E-state index is -1.13. The molecule has 0 saturated carbocycles. The zero-order valence-electron chi connectivity index (χ0n) is 8.93. The molecule has 1 heterocycles. The molecule has 2 rings (SSSR count). The number of hydrogen-bond donors (Lipinski definition) is 1. The number of aromatic carboxylic acids is 1. The predicted molar refractivity (Wildman–Crippen MR) is 65.4 cm³/mol. The minimum absolute atomic E-state index is 0.0363. The van der Waals surface area contributed by atoms with Crippen molar-refractivity contribution in [2.75, 3.05) is 0 Å². The monoisotopic (exact) mass is 311 g/mol. The molecule has 0 bridgehead atoms. The number of rotatable bonds is 3. The summed E-state index contributed by atoms with van der Waals surface area (Å²) in [5.74, 6) is -1.35. The fraction of sp³-hybridized carbons (Fsp3) is 0. The molecule has 92 valence electrons. The summed E-state index contributed by atoms with van der Waals surface area (Å²) in [6, 6.07) is 6.98. The number of carboxylic acids is 1. The second-order valence-electron chi connectivity index (χ2n) is 3.36. The van der Waals surface area contributed by atoms with Gasteiger partial charge in [-0.15, -0.1) is 0 Å². The smallest absolute Gasteiger partial charge is 0.354 e. The normalized spacial score (nSPS) is 10.1. The SMILES string of the molecule is O=C(O)c1ccc(Oc2cc(Br)ccc2F)cn1. The van der Waals surface area contributed by atoms with Crippen LogP contribution in [0.2, 0.25) is 0 Å². The van der Waals surface area contributed by atoms with Gasteiger partial charge in [-0.25, -0.2) is 14.2 Å². The van der Waals surface area contributed by atoms with Gasteiger partial charge in [0.05, 0.1) is 6.20 Å². The largest absolute Gasteiger partial charge is 0.477 e. The van der Waals surface area contributed by atoms with Crippen molar-refractivity contribution in [3.8, 4) is 11.5 Å². The summed E-state index contributed by atoms with van der Waals surface area (Å²) in [4.78, 5) is 14.3. The van der Waals surface area contributed by atoms with Crippen LogP contribution in [-0.4, -0.2) is 16.1 Å². The third kappa shape index (κ3) is 2.84. The fourth-order valence-corrected chi connectivity index (χ4v) is 1.59. The Morgan fingerprint density at radius 1 is 1.33 bits per heavy atom. The van der Waals surface area contributed by atoms with E-state index < -0.39 is 11.8 Å². The zero-order valence-corrected chi connectivity index (χ0v) is 10.5. The van der Waals surface area contributed by atoms with E-state index in [2.05, 4.69) is 20.9 Å². The first-order chi connectivity index (χ1) is 8.56. The van der Waals surface area contributed by atoms with Crippen molar-refractivity contribution in [2.24, 2.45) is 0 Å². The average Bonchev–Trinajstić information content (AvgIpc) is 2.34. The zero-order chi connectivity index (χ0) is 13.1. The van der Waals surface area contributed by atoms with Crippen molar-refractivity contribution in [3.63, 3.8) is 0 Å². The van der Waals surface area contributed by atoms with Crippen molar-refractivity contribution in [2.45, 2.75) is 0 Å². The van der Waals surface area contributed by atoms with Crippen molar-refractivity contribution in [3.05, 3.63) is 52.5 Å². The lowest BCUT2D eigenvalue weighted by atomic mass is 10.3. The Kier molecular flexibility index (Phi) is 3.57. The minimum Gasteiger partial charge on any atom is -0.477 e. The summed E-state index contributed by atoms with van der Waals surface area (Å²) in [6.07, 6.45) is 1.23. The second-order valence-corrected chi connectivity index (χ2v) is 4.28. The van der Waals surface area contributed by atoms with Gasteiger partial charge in [-0.1, -0.05) is 15.9 Å². The van der Waals surface area contributed by atoms with Gasteiger partial charge in [0.2, 0.25) is 0 Å². The highest BCUT2D eigenvalue weighted by Crippen LogP contribution is 2.27. The molecule has 0 unspecified atom stereocenters. The number of halogens is 2. The van der Waals surface area contributed by atoms with E-state index in [1.807, 2.05) is 0 Å². The molecule has 1 N–H and O–H groups in total. The summed E-state index contributed by atoms with van der Waals surface area (Å²) in [7, 11) is 0. The standard InChI is InChI=1S/C12H7BrFNO3/c13-7-1-3-9(14)11(5-7)18-8-2-4-10(12(16)17)15-6-8/h1-6H,(H,16,17). The van der Waals surface area contributed by atoms with Gasteiger partial charge in [-0.3, -0.25) is 0 Å². The Hall–Kier alpha value is -1.95. The van der Waals surface area contributed by atoms with Gasteiger partial charge in [0, 0.05) is 4.47 Å². The highest BCUT2D eigenvalue weighted by Gasteiger charge is 2.08. The fourth-order valence-electron chi connectivity index (χ4n) is 1.25. The van der Waals surface area contributed by atoms with E-state index in [4.69, 9.17) is 9.84 Å². The van der Waals surface area contributed by atoms with E-state index in [9.17, 15) is 9.18 Å². The molecule has 0 aliphatic heterocycles. The first-order valence-corrected chi connectivity index (χ1v) is 5.68. The van der Waals surface area contributed by atoms with Gasteiger partial charge >= 0.3 is 5.97 Å². The molecule has 0 aliphatic rings. The summed E-state index contributed by atoms with van der Waals surface area (Å²) in [6.45, 7) is 0. The van der Waals surface area contributed by atoms with Crippen LogP contribution in [-0.2, 0) is 0 Å². The highest BCUT2D eigenvalue weighted by molar-refractivity contribution is 9.10. The highest BCUT2D eigenvalue weighted by atomic mass is 79.9. The molecule has 1 aromatic heterocycles. The Morgan fingerprint density at radius 3 is 2.72 bits per heavy atom. The third-order valence-electron chi connectivity index (χ3n) is 2.08. The van der Waals surface area contributed by atoms with E-state index in [0.717, 1.165) is 0 Å². The van der Waals surface area contributed by atoms with Crippen LogP contribution in [0.3, 0.4) is 0 Å². The molecule has 0 atom stereocenters. The van der Waals surface area contributed by atoms with Crippen LogP contribution in [0.25, 0.3) is 0 Å². The van der Waals surface area contributed by atoms with Crippen LogP contribution in [0.5, 0.6) is 11.5 Å². The summed E-state index contributed by atoms with van der Waals surface area (Å²) in [5, 5.41) is 8.68. The van der Waals surface area contributed by atoms with Crippen LogP contribution in [0.15, 0.2) is 41.0 Å². The van der Waals surface area contributed by atoms with Crippen LogP contribution in [0.4, 0.5) is 4.39 Å². The molecule has 2 aromatic rings. The maximum absolute atomic E-state index is 13.4. The predicted octanol–water partition coefficient (Wildman–Crippen LogP) is 3.47. The number of hydrogen-bond acceptors (Lipinski definition) is 3. The molecule has 1 aromatic carbocycles. The molecule has 0 saturated heterocycles. The van der Waals surface area contributed by atoms with Crippen LogP contribution < -0.4 is 4.74 Å². The quantitative estimate of drug-likeness (QED) is 0.943. The Morgan fingerprint density at radius 2 is 2.11 bits per heavy atom. The Balaban J connectivity index is 2.23. The molecule has 0 aliphatic carbocycles. The number of benzene rings is 1. The van der Waals surface area contributed by atoms with Crippen LogP contribution >= 0.6 is 15.9 Å². The first kappa shape index (κ1) is 12.5. The second kappa shape index (κ2) is 5.14. The Labute approximate surface area is 110 Å². The summed E-state index contributed by atoms with van der Waals surface area (Å²) >= 11 is 3.20.